The fourth-order valence-corrected chi connectivity index (χ4v) is 2.69. The molecule has 0 aromatic carbocycles. The Labute approximate surface area is 113 Å². The first kappa shape index (κ1) is 13.8. The average molecular weight is 263 g/mol. The van der Waals surface area contributed by atoms with E-state index in [9.17, 15) is 4.79 Å². The van der Waals surface area contributed by atoms with Gasteiger partial charge >= 0.3 is 5.97 Å². The molecule has 1 aliphatic rings. The summed E-state index contributed by atoms with van der Waals surface area (Å²) in [5, 5.41) is 11.1. The van der Waals surface area contributed by atoms with Gasteiger partial charge in [0.25, 0.3) is 0 Å². The Morgan fingerprint density at radius 3 is 2.32 bits per heavy atom. The van der Waals surface area contributed by atoms with E-state index in [0.717, 1.165) is 6.54 Å². The molecule has 0 amide bonds. The lowest BCUT2D eigenvalue weighted by atomic mass is 10.0. The first-order chi connectivity index (χ1) is 8.80. The third-order valence-corrected chi connectivity index (χ3v) is 4.87. The highest BCUT2D eigenvalue weighted by molar-refractivity contribution is 5.86. The molecule has 0 radical (unpaired) electrons. The van der Waals surface area contributed by atoms with Gasteiger partial charge < -0.3 is 10.1 Å². The maximum atomic E-state index is 11.2. The van der Waals surface area contributed by atoms with Crippen LogP contribution in [-0.2, 0) is 4.74 Å². The fraction of sp³-hybridized carbons (Fsp3) is 0.643. The van der Waals surface area contributed by atoms with Crippen LogP contribution in [0, 0.1) is 16.7 Å². The number of carbonyl (C=O) groups is 1. The number of hydrogen-bond acceptors (Lipinski definition) is 5. The molecule has 0 atom stereocenters. The summed E-state index contributed by atoms with van der Waals surface area (Å²) in [4.78, 5) is 11.2. The van der Waals surface area contributed by atoms with Gasteiger partial charge in [-0.3, -0.25) is 0 Å². The van der Waals surface area contributed by atoms with E-state index in [1.165, 1.54) is 7.11 Å². The topological polar surface area (TPSA) is 64.1 Å². The van der Waals surface area contributed by atoms with Crippen LogP contribution in [0.1, 0.15) is 38.2 Å². The van der Waals surface area contributed by atoms with E-state index < -0.39 is 5.97 Å². The molecule has 0 saturated heterocycles. The smallest absolute Gasteiger partial charge is 0.358 e. The van der Waals surface area contributed by atoms with Crippen molar-refractivity contribution in [1.29, 1.82) is 0 Å². The molecule has 1 saturated carbocycles. The van der Waals surface area contributed by atoms with E-state index in [4.69, 9.17) is 0 Å². The Hall–Kier alpha value is -1.65. The summed E-state index contributed by atoms with van der Waals surface area (Å²) >= 11 is 0. The maximum absolute atomic E-state index is 11.2. The predicted molar refractivity (Wildman–Crippen MR) is 72.9 cm³/mol. The van der Waals surface area contributed by atoms with Crippen molar-refractivity contribution < 1.29 is 9.53 Å². The van der Waals surface area contributed by atoms with Crippen LogP contribution in [0.5, 0.6) is 0 Å². The zero-order valence-corrected chi connectivity index (χ0v) is 12.2. The largest absolute Gasteiger partial charge is 0.464 e. The normalized spacial score (nSPS) is 19.8. The number of rotatable bonds is 4. The highest BCUT2D eigenvalue weighted by Crippen LogP contribution is 2.68. The second-order valence-electron chi connectivity index (χ2n) is 6.17. The third-order valence-electron chi connectivity index (χ3n) is 4.87. The van der Waals surface area contributed by atoms with Gasteiger partial charge in [0.1, 0.15) is 5.82 Å². The van der Waals surface area contributed by atoms with Gasteiger partial charge in [0, 0.05) is 6.54 Å². The van der Waals surface area contributed by atoms with Gasteiger partial charge in [0.15, 0.2) is 5.69 Å². The minimum Gasteiger partial charge on any atom is -0.464 e. The van der Waals surface area contributed by atoms with Crippen molar-refractivity contribution in [2.45, 2.75) is 27.7 Å². The third kappa shape index (κ3) is 2.29. The van der Waals surface area contributed by atoms with Crippen LogP contribution in [0.4, 0.5) is 5.82 Å². The molecule has 19 heavy (non-hydrogen) atoms. The SMILES string of the molecule is COC(=O)c1ccc(NCC2C(C)(C)C2(C)C)nn1. The second kappa shape index (κ2) is 4.47. The lowest BCUT2D eigenvalue weighted by molar-refractivity contribution is 0.0593. The van der Waals surface area contributed by atoms with E-state index in [2.05, 4.69) is 47.9 Å². The zero-order chi connectivity index (χ0) is 14.3. The summed E-state index contributed by atoms with van der Waals surface area (Å²) in [5.41, 5.74) is 0.916. The maximum Gasteiger partial charge on any atom is 0.358 e. The zero-order valence-electron chi connectivity index (χ0n) is 12.2. The van der Waals surface area contributed by atoms with Gasteiger partial charge in [0.2, 0.25) is 0 Å². The molecule has 1 fully saturated rings. The Morgan fingerprint density at radius 1 is 1.26 bits per heavy atom. The minimum absolute atomic E-state index is 0.222. The molecular formula is C14H21N3O2. The minimum atomic E-state index is -0.469. The summed E-state index contributed by atoms with van der Waals surface area (Å²) in [7, 11) is 1.33. The number of methoxy groups -OCH3 is 1. The fourth-order valence-electron chi connectivity index (χ4n) is 2.69. The molecule has 1 aromatic heterocycles. The molecule has 1 heterocycles. The van der Waals surface area contributed by atoms with Crippen molar-refractivity contribution in [3.05, 3.63) is 17.8 Å². The molecule has 104 valence electrons. The summed E-state index contributed by atoms with van der Waals surface area (Å²) in [6, 6.07) is 3.37. The van der Waals surface area contributed by atoms with E-state index in [-0.39, 0.29) is 5.69 Å². The van der Waals surface area contributed by atoms with Crippen LogP contribution in [0.25, 0.3) is 0 Å². The molecule has 0 bridgehead atoms. The highest BCUT2D eigenvalue weighted by atomic mass is 16.5. The van der Waals surface area contributed by atoms with E-state index in [1.807, 2.05) is 0 Å². The van der Waals surface area contributed by atoms with E-state index >= 15 is 0 Å². The van der Waals surface area contributed by atoms with Crippen molar-refractivity contribution in [2.24, 2.45) is 16.7 Å². The summed E-state index contributed by atoms with van der Waals surface area (Å²) in [6.45, 7) is 10.00. The number of ether oxygens (including phenoxy) is 1. The van der Waals surface area contributed by atoms with Crippen molar-refractivity contribution in [1.82, 2.24) is 10.2 Å². The Bertz CT molecular complexity index is 466. The first-order valence-electron chi connectivity index (χ1n) is 6.46. The van der Waals surface area contributed by atoms with Crippen molar-refractivity contribution in [3.8, 4) is 0 Å². The van der Waals surface area contributed by atoms with Gasteiger partial charge in [0.05, 0.1) is 7.11 Å². The van der Waals surface area contributed by atoms with Crippen LogP contribution >= 0.6 is 0 Å². The molecular weight excluding hydrogens is 242 g/mol. The monoisotopic (exact) mass is 263 g/mol. The molecule has 0 unspecified atom stereocenters. The number of esters is 1. The number of aromatic nitrogens is 2. The van der Waals surface area contributed by atoms with Gasteiger partial charge in [-0.15, -0.1) is 10.2 Å². The van der Waals surface area contributed by atoms with E-state index in [0.29, 0.717) is 22.6 Å². The average Bonchev–Trinajstić information content (AvgIpc) is 2.77. The molecule has 5 heteroatoms. The quantitative estimate of drug-likeness (QED) is 0.845. The standard InChI is InChI=1S/C14H21N3O2/c1-13(2)10(14(13,3)4)8-15-11-7-6-9(16-17-11)12(18)19-5/h6-7,10H,8H2,1-5H3,(H,15,17). The summed E-state index contributed by atoms with van der Waals surface area (Å²) < 4.78 is 4.58. The lowest BCUT2D eigenvalue weighted by Crippen LogP contribution is -2.11. The molecule has 1 aromatic rings. The molecule has 0 spiro atoms. The summed E-state index contributed by atoms with van der Waals surface area (Å²) in [5.74, 6) is 0.830. The van der Waals surface area contributed by atoms with Crippen molar-refractivity contribution in [2.75, 3.05) is 19.0 Å². The number of hydrogen-bond donors (Lipinski definition) is 1. The summed E-state index contributed by atoms with van der Waals surface area (Å²) in [6.07, 6.45) is 0. The molecule has 5 nitrogen and oxygen atoms in total. The Morgan fingerprint density at radius 2 is 1.89 bits per heavy atom. The molecule has 1 N–H and O–H groups in total. The van der Waals surface area contributed by atoms with Crippen LogP contribution in [-0.4, -0.2) is 29.8 Å². The van der Waals surface area contributed by atoms with Crippen LogP contribution < -0.4 is 5.32 Å². The van der Waals surface area contributed by atoms with Crippen molar-refractivity contribution in [3.63, 3.8) is 0 Å². The van der Waals surface area contributed by atoms with Crippen LogP contribution in [0.15, 0.2) is 12.1 Å². The number of nitrogens with zero attached hydrogens (tertiary/aromatic N) is 2. The molecule has 1 aliphatic carbocycles. The van der Waals surface area contributed by atoms with Gasteiger partial charge in [-0.25, -0.2) is 4.79 Å². The van der Waals surface area contributed by atoms with Crippen LogP contribution in [0.2, 0.25) is 0 Å². The Balaban J connectivity index is 1.93. The van der Waals surface area contributed by atoms with E-state index in [1.54, 1.807) is 12.1 Å². The molecule has 0 aliphatic heterocycles. The van der Waals surface area contributed by atoms with Crippen LogP contribution in [0.3, 0.4) is 0 Å². The Kier molecular flexibility index (Phi) is 3.24. The van der Waals surface area contributed by atoms with Gasteiger partial charge in [-0.05, 0) is 28.9 Å². The predicted octanol–water partition coefficient (Wildman–Crippen LogP) is 2.36. The number of nitrogens with one attached hydrogen (secondary N) is 1. The lowest BCUT2D eigenvalue weighted by Gasteiger charge is -2.06. The first-order valence-corrected chi connectivity index (χ1v) is 6.46. The van der Waals surface area contributed by atoms with Gasteiger partial charge in [-0.2, -0.15) is 0 Å². The van der Waals surface area contributed by atoms with Crippen molar-refractivity contribution >= 4 is 11.8 Å². The highest BCUT2D eigenvalue weighted by Gasteiger charge is 2.64. The molecule has 2 rings (SSSR count). The number of carbonyl (C=O) groups excluding carboxylic acids is 1. The second-order valence-corrected chi connectivity index (χ2v) is 6.17. The van der Waals surface area contributed by atoms with Gasteiger partial charge in [-0.1, -0.05) is 27.7 Å². The number of anilines is 1.